The molecule has 1 radical (unpaired) electrons. The fraction of sp³-hybridized carbons (Fsp3) is 0.250. The summed E-state index contributed by atoms with van der Waals surface area (Å²) in [7, 11) is -2.36. The first-order chi connectivity index (χ1) is 10.4. The molecule has 1 aromatic heterocycles. The van der Waals surface area contributed by atoms with E-state index in [0.29, 0.717) is 10.4 Å². The molecule has 0 saturated carbocycles. The van der Waals surface area contributed by atoms with Crippen molar-refractivity contribution in [3.05, 3.63) is 53.2 Å². The fourth-order valence-corrected chi connectivity index (χ4v) is 4.58. The molecule has 0 aliphatic carbocycles. The summed E-state index contributed by atoms with van der Waals surface area (Å²) in [6, 6.07) is 7.08. The van der Waals surface area contributed by atoms with Gasteiger partial charge in [-0.15, -0.1) is 11.3 Å². The van der Waals surface area contributed by atoms with Gasteiger partial charge in [0.05, 0.1) is 5.51 Å². The van der Waals surface area contributed by atoms with Gasteiger partial charge in [0.25, 0.3) is 10.0 Å². The summed E-state index contributed by atoms with van der Waals surface area (Å²) >= 11 is 1.22. The van der Waals surface area contributed by atoms with E-state index in [-0.39, 0.29) is 56.6 Å². The Balaban J connectivity index is 0.00000128. The van der Waals surface area contributed by atoms with E-state index < -0.39 is 10.0 Å². The quantitative estimate of drug-likeness (QED) is 0.676. The van der Waals surface area contributed by atoms with Crippen LogP contribution in [0.1, 0.15) is 29.9 Å². The smallest absolute Gasteiger partial charge is 0.269 e. The SMILES string of the molecule is CC.Cc1ccccc1C1=C(O)c2scnc2N(C)S1(=O)=O.[CH3-].[Y]. The fourth-order valence-electron chi connectivity index (χ4n) is 2.20. The molecule has 1 aliphatic rings. The number of benzene rings is 1. The zero-order chi connectivity index (χ0) is 16.5. The van der Waals surface area contributed by atoms with Crippen molar-refractivity contribution in [3.8, 4) is 0 Å². The number of aromatic nitrogens is 1. The third-order valence-electron chi connectivity index (χ3n) is 3.29. The minimum absolute atomic E-state index is 0. The second-order valence-electron chi connectivity index (χ2n) is 4.47. The molecule has 1 N–H and O–H groups in total. The maximum atomic E-state index is 12.6. The first-order valence-corrected chi connectivity index (χ1v) is 9.18. The minimum atomic E-state index is -3.80. The van der Waals surface area contributed by atoms with Crippen LogP contribution >= 0.6 is 11.3 Å². The van der Waals surface area contributed by atoms with E-state index in [1.807, 2.05) is 32.9 Å². The monoisotopic (exact) mass is 442 g/mol. The van der Waals surface area contributed by atoms with Gasteiger partial charge in [-0.1, -0.05) is 38.1 Å². The van der Waals surface area contributed by atoms with Gasteiger partial charge in [-0.2, -0.15) is 0 Å². The molecule has 8 heteroatoms. The van der Waals surface area contributed by atoms with Gasteiger partial charge in [0.1, 0.15) is 9.78 Å². The van der Waals surface area contributed by atoms with E-state index in [2.05, 4.69) is 4.98 Å². The van der Waals surface area contributed by atoms with Gasteiger partial charge in [-0.3, -0.25) is 4.31 Å². The van der Waals surface area contributed by atoms with Crippen molar-refractivity contribution in [1.29, 1.82) is 0 Å². The second-order valence-corrected chi connectivity index (χ2v) is 7.23. The van der Waals surface area contributed by atoms with Crippen LogP contribution in [0.25, 0.3) is 10.7 Å². The summed E-state index contributed by atoms with van der Waals surface area (Å²) in [6.07, 6.45) is 0. The number of nitrogens with zero attached hydrogens (tertiary/aromatic N) is 2. The van der Waals surface area contributed by atoms with Crippen molar-refractivity contribution in [2.24, 2.45) is 0 Å². The summed E-state index contributed by atoms with van der Waals surface area (Å²) in [6.45, 7) is 5.81. The Kier molecular flexibility index (Phi) is 8.80. The van der Waals surface area contributed by atoms with E-state index in [0.717, 1.165) is 9.87 Å². The summed E-state index contributed by atoms with van der Waals surface area (Å²) in [5, 5.41) is 10.4. The topological polar surface area (TPSA) is 70.5 Å². The molecule has 2 heterocycles. The second kappa shape index (κ2) is 9.08. The molecule has 0 bridgehead atoms. The molecule has 0 amide bonds. The van der Waals surface area contributed by atoms with Gasteiger partial charge in [-0.25, -0.2) is 13.4 Å². The summed E-state index contributed by atoms with van der Waals surface area (Å²) in [4.78, 5) is 4.42. The number of aliphatic hydroxyl groups is 1. The van der Waals surface area contributed by atoms with Crippen LogP contribution < -0.4 is 4.31 Å². The van der Waals surface area contributed by atoms with E-state index in [1.165, 1.54) is 23.9 Å². The van der Waals surface area contributed by atoms with E-state index in [9.17, 15) is 13.5 Å². The predicted octanol–water partition coefficient (Wildman–Crippen LogP) is 4.09. The Morgan fingerprint density at radius 1 is 1.21 bits per heavy atom. The van der Waals surface area contributed by atoms with Gasteiger partial charge in [-0.05, 0) is 12.5 Å². The van der Waals surface area contributed by atoms with Crippen molar-refractivity contribution >= 4 is 37.8 Å². The average molecular weight is 442 g/mol. The van der Waals surface area contributed by atoms with Crippen LogP contribution in [-0.2, 0) is 42.7 Å². The molecule has 0 atom stereocenters. The molecule has 1 aliphatic heterocycles. The number of fused-ring (bicyclic) bond motifs is 1. The van der Waals surface area contributed by atoms with Gasteiger partial charge < -0.3 is 12.5 Å². The molecule has 3 rings (SSSR count). The number of aryl methyl sites for hydroxylation is 1. The number of sulfonamides is 1. The van der Waals surface area contributed by atoms with Crippen LogP contribution in [0.5, 0.6) is 0 Å². The van der Waals surface area contributed by atoms with Crippen LogP contribution in [0.3, 0.4) is 0 Å². The molecule has 24 heavy (non-hydrogen) atoms. The molecular formula is C16H21N2O3S2Y-. The number of hydrogen-bond donors (Lipinski definition) is 1. The third kappa shape index (κ3) is 3.74. The van der Waals surface area contributed by atoms with Crippen LogP contribution in [0.4, 0.5) is 5.82 Å². The molecule has 0 unspecified atom stereocenters. The largest absolute Gasteiger partial charge is 0.505 e. The standard InChI is InChI=1S/C13H12N2O3S2.C2H6.CH3.Y/c1-8-5-3-4-6-9(8)12-10(16)11-13(14-7-19-11)15(2)20(12,17)18;1-2;;/h3-7,16H,1-2H3;1-2H3;1H3;/q;;-1;. The van der Waals surface area contributed by atoms with Crippen LogP contribution in [0.2, 0.25) is 0 Å². The molecule has 5 nitrogen and oxygen atoms in total. The van der Waals surface area contributed by atoms with Crippen molar-refractivity contribution < 1.29 is 46.2 Å². The molecule has 2 aromatic rings. The summed E-state index contributed by atoms with van der Waals surface area (Å²) in [5.74, 6) is 0.0414. The Hall–Kier alpha value is -0.756. The minimum Gasteiger partial charge on any atom is -0.505 e. The van der Waals surface area contributed by atoms with Crippen LogP contribution in [0.15, 0.2) is 29.8 Å². The third-order valence-corrected chi connectivity index (χ3v) is 5.93. The van der Waals surface area contributed by atoms with E-state index >= 15 is 0 Å². The first kappa shape index (κ1) is 23.2. The van der Waals surface area contributed by atoms with Crippen molar-refractivity contribution in [1.82, 2.24) is 4.98 Å². The van der Waals surface area contributed by atoms with Gasteiger partial charge in [0, 0.05) is 45.3 Å². The molecule has 0 fully saturated rings. The van der Waals surface area contributed by atoms with Crippen molar-refractivity contribution in [2.45, 2.75) is 20.8 Å². The number of aliphatic hydroxyl groups excluding tert-OH is 1. The Bertz CT molecular complexity index is 829. The van der Waals surface area contributed by atoms with Crippen LogP contribution in [-0.4, -0.2) is 25.6 Å². The molecule has 0 saturated heterocycles. The number of hydrogen-bond acceptors (Lipinski definition) is 5. The predicted molar refractivity (Wildman–Crippen MR) is 97.8 cm³/mol. The van der Waals surface area contributed by atoms with Gasteiger partial charge in [0.15, 0.2) is 11.6 Å². The molecule has 1 aromatic carbocycles. The maximum Gasteiger partial charge on any atom is 0.269 e. The number of anilines is 1. The Morgan fingerprint density at radius 2 is 1.79 bits per heavy atom. The Labute approximate surface area is 173 Å². The van der Waals surface area contributed by atoms with Crippen molar-refractivity contribution in [3.63, 3.8) is 0 Å². The summed E-state index contributed by atoms with van der Waals surface area (Å²) < 4.78 is 26.3. The molecular weight excluding hydrogens is 421 g/mol. The Morgan fingerprint density at radius 3 is 2.38 bits per heavy atom. The average Bonchev–Trinajstić information content (AvgIpc) is 2.99. The van der Waals surface area contributed by atoms with E-state index in [4.69, 9.17) is 0 Å². The number of rotatable bonds is 1. The normalized spacial score (nSPS) is 14.6. The van der Waals surface area contributed by atoms with Gasteiger partial charge in [0.2, 0.25) is 0 Å². The van der Waals surface area contributed by atoms with Crippen molar-refractivity contribution in [2.75, 3.05) is 11.4 Å². The summed E-state index contributed by atoms with van der Waals surface area (Å²) in [5.41, 5.74) is 2.82. The first-order valence-electron chi connectivity index (χ1n) is 6.86. The molecule has 129 valence electrons. The number of thiazole rings is 1. The zero-order valence-electron chi connectivity index (χ0n) is 14.4. The van der Waals surface area contributed by atoms with Gasteiger partial charge >= 0.3 is 0 Å². The van der Waals surface area contributed by atoms with E-state index in [1.54, 1.807) is 12.1 Å². The zero-order valence-corrected chi connectivity index (χ0v) is 18.9. The van der Waals surface area contributed by atoms with Crippen LogP contribution in [0, 0.1) is 14.4 Å². The molecule has 0 spiro atoms. The maximum absolute atomic E-state index is 12.6.